The third kappa shape index (κ3) is 8.78. The van der Waals surface area contributed by atoms with E-state index in [0.29, 0.717) is 6.54 Å². The van der Waals surface area contributed by atoms with Crippen LogP contribution in [0.2, 0.25) is 0 Å². The molecule has 2 aromatic heterocycles. The van der Waals surface area contributed by atoms with Gasteiger partial charge in [0, 0.05) is 27.1 Å². The number of carbonyl (C=O) groups is 1. The Balaban J connectivity index is 0.00000110. The Hall–Kier alpha value is -4.10. The van der Waals surface area contributed by atoms with Gasteiger partial charge in [0.05, 0.1) is 25.0 Å². The number of rotatable bonds is 5. The number of ether oxygens (including phenoxy) is 2. The summed E-state index contributed by atoms with van der Waals surface area (Å²) in [5, 5.41) is 0. The lowest BCUT2D eigenvalue weighted by molar-refractivity contribution is -0.193. The van der Waals surface area contributed by atoms with Crippen molar-refractivity contribution < 1.29 is 33.4 Å². The predicted octanol–water partition coefficient (Wildman–Crippen LogP) is 5.83. The molecule has 3 aromatic rings. The second kappa shape index (κ2) is 14.6. The lowest BCUT2D eigenvalue weighted by Gasteiger charge is -2.28. The highest BCUT2D eigenvalue weighted by Crippen LogP contribution is 2.39. The van der Waals surface area contributed by atoms with E-state index in [4.69, 9.17) is 28.7 Å². The normalized spacial score (nSPS) is 10.0. The first-order valence-corrected chi connectivity index (χ1v) is 12.3. The molecule has 9 nitrogen and oxygen atoms in total. The maximum atomic E-state index is 13.3. The topological polar surface area (TPSA) is 120 Å². The van der Waals surface area contributed by atoms with E-state index < -0.39 is 11.7 Å². The first-order valence-electron chi connectivity index (χ1n) is 11.5. The molecule has 0 atom stereocenters. The van der Waals surface area contributed by atoms with Gasteiger partial charge in [-0.2, -0.15) is 19.2 Å². The SMILES string of the molecule is COc1c(C)cnc(CN(C(=O)OC(C)(C)C)c2cc(-c3ccccc3C)sc2C)c1C.O=C=O.O=C=O. The molecule has 0 spiro atoms. The Morgan fingerprint density at radius 2 is 1.58 bits per heavy atom. The number of carbonyl (C=O) groups excluding carboxylic acids is 5. The van der Waals surface area contributed by atoms with Gasteiger partial charge in [-0.15, -0.1) is 11.3 Å². The minimum absolute atomic E-state index is 0.250. The van der Waals surface area contributed by atoms with Crippen molar-refractivity contribution in [1.29, 1.82) is 0 Å². The van der Waals surface area contributed by atoms with E-state index in [9.17, 15) is 4.79 Å². The van der Waals surface area contributed by atoms with Crippen molar-refractivity contribution >= 4 is 35.4 Å². The largest absolute Gasteiger partial charge is 0.496 e. The molecule has 0 saturated heterocycles. The molecule has 1 amide bonds. The molecule has 10 heteroatoms. The van der Waals surface area contributed by atoms with E-state index in [-0.39, 0.29) is 12.3 Å². The summed E-state index contributed by atoms with van der Waals surface area (Å²) >= 11 is 1.68. The van der Waals surface area contributed by atoms with Crippen LogP contribution in [0.3, 0.4) is 0 Å². The van der Waals surface area contributed by atoms with Crippen LogP contribution in [0.5, 0.6) is 5.75 Å². The smallest absolute Gasteiger partial charge is 0.415 e. The number of pyridine rings is 1. The lowest BCUT2D eigenvalue weighted by atomic mass is 10.1. The Bertz CT molecular complexity index is 1300. The standard InChI is InChI=1S/C26H32N2O3S.2CO2/c1-16-11-9-10-12-20(16)23-13-22(19(4)32-23)28(25(29)31-26(5,6)7)15-21-18(3)24(30-8)17(2)14-27-21;2*2-1-3/h9-14H,15H2,1-8H3;;. The Morgan fingerprint density at radius 3 is 2.11 bits per heavy atom. The van der Waals surface area contributed by atoms with Gasteiger partial charge in [-0.25, -0.2) is 4.79 Å². The first kappa shape index (κ1) is 31.9. The monoisotopic (exact) mass is 540 g/mol. The second-order valence-corrected chi connectivity index (χ2v) is 10.4. The van der Waals surface area contributed by atoms with Gasteiger partial charge in [0.2, 0.25) is 0 Å². The molecule has 0 saturated carbocycles. The van der Waals surface area contributed by atoms with Crippen molar-refractivity contribution in [3.05, 3.63) is 63.8 Å². The van der Waals surface area contributed by atoms with E-state index >= 15 is 0 Å². The van der Waals surface area contributed by atoms with Gasteiger partial charge in [-0.05, 0) is 65.7 Å². The average molecular weight is 541 g/mol. The quantitative estimate of drug-likeness (QED) is 0.397. The van der Waals surface area contributed by atoms with Crippen LogP contribution >= 0.6 is 11.3 Å². The molecule has 2 heterocycles. The van der Waals surface area contributed by atoms with Gasteiger partial charge in [-0.3, -0.25) is 9.88 Å². The summed E-state index contributed by atoms with van der Waals surface area (Å²) in [6, 6.07) is 10.4. The number of hydrogen-bond donors (Lipinski definition) is 0. The van der Waals surface area contributed by atoms with E-state index in [1.165, 1.54) is 11.1 Å². The Labute approximate surface area is 226 Å². The van der Waals surface area contributed by atoms with Crippen molar-refractivity contribution in [2.24, 2.45) is 0 Å². The fraction of sp³-hybridized carbons (Fsp3) is 0.357. The zero-order chi connectivity index (χ0) is 29.0. The zero-order valence-corrected chi connectivity index (χ0v) is 23.6. The van der Waals surface area contributed by atoms with Crippen molar-refractivity contribution in [2.45, 2.75) is 60.6 Å². The summed E-state index contributed by atoms with van der Waals surface area (Å²) in [7, 11) is 1.66. The van der Waals surface area contributed by atoms with E-state index in [1.807, 2.05) is 53.7 Å². The van der Waals surface area contributed by atoms with Gasteiger partial charge in [0.15, 0.2) is 0 Å². The predicted molar refractivity (Wildman–Crippen MR) is 142 cm³/mol. The van der Waals surface area contributed by atoms with E-state index in [1.54, 1.807) is 29.5 Å². The molecule has 0 bridgehead atoms. The zero-order valence-electron chi connectivity index (χ0n) is 22.8. The summed E-state index contributed by atoms with van der Waals surface area (Å²) in [6.07, 6.45) is 1.89. The fourth-order valence-corrected chi connectivity index (χ4v) is 4.78. The molecule has 0 aliphatic heterocycles. The number of hydrogen-bond acceptors (Lipinski definition) is 9. The maximum Gasteiger partial charge on any atom is 0.415 e. The van der Waals surface area contributed by atoms with E-state index in [2.05, 4.69) is 30.1 Å². The number of anilines is 1. The molecule has 0 aliphatic rings. The summed E-state index contributed by atoms with van der Waals surface area (Å²) in [5.41, 5.74) is 5.27. The van der Waals surface area contributed by atoms with Crippen molar-refractivity contribution in [1.82, 2.24) is 4.98 Å². The summed E-state index contributed by atoms with van der Waals surface area (Å²) < 4.78 is 11.3. The van der Waals surface area contributed by atoms with Crippen LogP contribution in [-0.4, -0.2) is 36.1 Å². The molecule has 3 rings (SSSR count). The van der Waals surface area contributed by atoms with Gasteiger partial charge in [0.1, 0.15) is 11.4 Å². The summed E-state index contributed by atoms with van der Waals surface area (Å²) in [6.45, 7) is 14.0. The molecular formula is C28H32N2O7S. The van der Waals surface area contributed by atoms with Crippen molar-refractivity contribution in [2.75, 3.05) is 12.0 Å². The molecule has 1 aromatic carbocycles. The third-order valence-corrected chi connectivity index (χ3v) is 6.34. The van der Waals surface area contributed by atoms with Crippen LogP contribution in [0.1, 0.15) is 48.0 Å². The van der Waals surface area contributed by atoms with Gasteiger partial charge >= 0.3 is 18.4 Å². The lowest BCUT2D eigenvalue weighted by Crippen LogP contribution is -2.37. The minimum Gasteiger partial charge on any atom is -0.496 e. The molecule has 0 N–H and O–H groups in total. The van der Waals surface area contributed by atoms with Crippen molar-refractivity contribution in [3.63, 3.8) is 0 Å². The molecule has 202 valence electrons. The van der Waals surface area contributed by atoms with Crippen LogP contribution in [-0.2, 0) is 30.5 Å². The number of amides is 1. The highest BCUT2D eigenvalue weighted by molar-refractivity contribution is 7.16. The van der Waals surface area contributed by atoms with Crippen LogP contribution < -0.4 is 9.64 Å². The second-order valence-electron chi connectivity index (χ2n) is 9.15. The molecule has 0 aliphatic carbocycles. The van der Waals surface area contributed by atoms with Crippen LogP contribution in [0.4, 0.5) is 10.5 Å². The molecule has 38 heavy (non-hydrogen) atoms. The summed E-state index contributed by atoms with van der Waals surface area (Å²) in [4.78, 5) is 54.3. The first-order chi connectivity index (χ1) is 17.8. The number of aromatic nitrogens is 1. The third-order valence-electron chi connectivity index (χ3n) is 5.26. The van der Waals surface area contributed by atoms with Crippen molar-refractivity contribution in [3.8, 4) is 16.2 Å². The number of aryl methyl sites for hydroxylation is 3. The Kier molecular flexibility index (Phi) is 12.3. The van der Waals surface area contributed by atoms with Gasteiger partial charge in [0.25, 0.3) is 0 Å². The Morgan fingerprint density at radius 1 is 1.00 bits per heavy atom. The number of methoxy groups -OCH3 is 1. The molecule has 0 radical (unpaired) electrons. The highest BCUT2D eigenvalue weighted by Gasteiger charge is 2.27. The number of nitrogens with zero attached hydrogens (tertiary/aromatic N) is 2. The van der Waals surface area contributed by atoms with Crippen LogP contribution in [0.25, 0.3) is 10.4 Å². The molecule has 0 unspecified atom stereocenters. The highest BCUT2D eigenvalue weighted by atomic mass is 32.1. The van der Waals surface area contributed by atoms with Crippen LogP contribution in [0, 0.1) is 27.7 Å². The number of thiophene rings is 1. The minimum atomic E-state index is -0.606. The average Bonchev–Trinajstić information content (AvgIpc) is 3.20. The van der Waals surface area contributed by atoms with Gasteiger partial charge < -0.3 is 9.47 Å². The summed E-state index contributed by atoms with van der Waals surface area (Å²) in [5.74, 6) is 0.793. The van der Waals surface area contributed by atoms with Crippen LogP contribution in [0.15, 0.2) is 36.5 Å². The fourth-order valence-electron chi connectivity index (χ4n) is 3.67. The molecule has 0 fully saturated rings. The van der Waals surface area contributed by atoms with Gasteiger partial charge in [-0.1, -0.05) is 24.3 Å². The molecular weight excluding hydrogens is 508 g/mol. The maximum absolute atomic E-state index is 13.3. The number of benzene rings is 1. The van der Waals surface area contributed by atoms with E-state index in [0.717, 1.165) is 38.0 Å².